The van der Waals surface area contributed by atoms with Crippen molar-refractivity contribution in [3.8, 4) is 5.75 Å². The van der Waals surface area contributed by atoms with Crippen molar-refractivity contribution in [2.45, 2.75) is 26.2 Å². The molecule has 0 saturated heterocycles. The van der Waals surface area contributed by atoms with E-state index in [2.05, 4.69) is 11.6 Å². The van der Waals surface area contributed by atoms with E-state index >= 15 is 0 Å². The topological polar surface area (TPSA) is 65.2 Å². The molecule has 0 aliphatic rings. The molecule has 1 rings (SSSR count). The molecule has 2 N–H and O–H groups in total. The lowest BCUT2D eigenvalue weighted by Crippen LogP contribution is -2.22. The van der Waals surface area contributed by atoms with Crippen molar-refractivity contribution in [3.63, 3.8) is 0 Å². The lowest BCUT2D eigenvalue weighted by Gasteiger charge is -2.22. The van der Waals surface area contributed by atoms with Crippen LogP contribution in [0.5, 0.6) is 5.75 Å². The number of halogens is 1. The second kappa shape index (κ2) is 4.53. The monoisotopic (exact) mass is 238 g/mol. The average molecular weight is 238 g/mol. The van der Waals surface area contributed by atoms with E-state index in [4.69, 9.17) is 10.5 Å². The van der Waals surface area contributed by atoms with Gasteiger partial charge in [0.1, 0.15) is 5.69 Å². The van der Waals surface area contributed by atoms with Crippen LogP contribution >= 0.6 is 0 Å². The third kappa shape index (κ3) is 2.81. The predicted octanol–water partition coefficient (Wildman–Crippen LogP) is 2.62. The van der Waals surface area contributed by atoms with Gasteiger partial charge in [-0.1, -0.05) is 27.4 Å². The number of aromatic nitrogens is 1. The number of ether oxygens (including phenoxy) is 1. The van der Waals surface area contributed by atoms with Gasteiger partial charge in [0.2, 0.25) is 0 Å². The van der Waals surface area contributed by atoms with Crippen LogP contribution in [0, 0.1) is 5.82 Å². The summed E-state index contributed by atoms with van der Waals surface area (Å²) in [7, 11) is 0. The largest absolute Gasteiger partial charge is 0.410 e. The van der Waals surface area contributed by atoms with Crippen LogP contribution in [0.1, 0.15) is 32.0 Å². The number of nitrogens with zero attached hydrogens (tertiary/aromatic N) is 1. The minimum atomic E-state index is -1.06. The molecular weight excluding hydrogens is 223 g/mol. The Morgan fingerprint density at radius 2 is 2.18 bits per heavy atom. The zero-order chi connectivity index (χ0) is 13.2. The molecule has 1 aromatic heterocycles. The van der Waals surface area contributed by atoms with E-state index in [-0.39, 0.29) is 11.4 Å². The van der Waals surface area contributed by atoms with Crippen molar-refractivity contribution in [1.82, 2.24) is 4.98 Å². The van der Waals surface area contributed by atoms with Gasteiger partial charge in [0.05, 0.1) is 0 Å². The van der Waals surface area contributed by atoms with Crippen LogP contribution in [0.2, 0.25) is 0 Å². The normalized spacial score (nSPS) is 11.1. The Bertz CT molecular complexity index is 464. The van der Waals surface area contributed by atoms with E-state index in [1.165, 1.54) is 12.3 Å². The highest BCUT2D eigenvalue weighted by molar-refractivity contribution is 5.69. The van der Waals surface area contributed by atoms with Gasteiger partial charge in [0.25, 0.3) is 0 Å². The lowest BCUT2D eigenvalue weighted by atomic mass is 9.87. The molecule has 0 spiro atoms. The number of hydrogen-bond donors (Lipinski definition) is 1. The van der Waals surface area contributed by atoms with Gasteiger partial charge >= 0.3 is 6.09 Å². The first-order chi connectivity index (χ1) is 7.77. The predicted molar refractivity (Wildman–Crippen MR) is 63.2 cm³/mol. The van der Waals surface area contributed by atoms with Crippen LogP contribution in [0.25, 0.3) is 6.08 Å². The minimum Gasteiger partial charge on any atom is -0.407 e. The first-order valence-electron chi connectivity index (χ1n) is 5.06. The van der Waals surface area contributed by atoms with E-state index in [9.17, 15) is 9.18 Å². The van der Waals surface area contributed by atoms with E-state index in [0.29, 0.717) is 5.56 Å². The second-order valence-electron chi connectivity index (χ2n) is 4.58. The van der Waals surface area contributed by atoms with Crippen molar-refractivity contribution in [3.05, 3.63) is 29.9 Å². The van der Waals surface area contributed by atoms with Gasteiger partial charge in [-0.3, -0.25) is 4.98 Å². The standard InChI is InChI=1S/C12H15FN2O2/c1-5-8-9(13)10(17-11(14)16)7(6-15-8)12(2,3)4/h5-6H,1H2,2-4H3,(H2,14,16). The lowest BCUT2D eigenvalue weighted by molar-refractivity contribution is 0.207. The number of carbonyl (C=O) groups is 1. The number of hydrogen-bond acceptors (Lipinski definition) is 3. The molecule has 0 aromatic carbocycles. The summed E-state index contributed by atoms with van der Waals surface area (Å²) in [6, 6.07) is 0. The maximum Gasteiger partial charge on any atom is 0.410 e. The quantitative estimate of drug-likeness (QED) is 0.861. The number of amides is 1. The fourth-order valence-electron chi connectivity index (χ4n) is 1.36. The molecule has 1 amide bonds. The molecule has 0 aliphatic carbocycles. The van der Waals surface area contributed by atoms with Crippen LogP contribution in [-0.4, -0.2) is 11.1 Å². The Kier molecular flexibility index (Phi) is 3.50. The van der Waals surface area contributed by atoms with Crippen molar-refractivity contribution in [1.29, 1.82) is 0 Å². The van der Waals surface area contributed by atoms with Gasteiger partial charge in [0.15, 0.2) is 11.6 Å². The van der Waals surface area contributed by atoms with Gasteiger partial charge in [0, 0.05) is 11.8 Å². The molecule has 0 radical (unpaired) electrons. The Labute approximate surface area is 99.3 Å². The van der Waals surface area contributed by atoms with Crippen molar-refractivity contribution in [2.24, 2.45) is 5.73 Å². The average Bonchev–Trinajstić information content (AvgIpc) is 2.18. The van der Waals surface area contributed by atoms with Crippen LogP contribution in [-0.2, 0) is 5.41 Å². The number of carbonyl (C=O) groups excluding carboxylic acids is 1. The molecule has 1 heterocycles. The molecule has 0 fully saturated rings. The summed E-state index contributed by atoms with van der Waals surface area (Å²) in [6.07, 6.45) is 1.64. The van der Waals surface area contributed by atoms with Crippen molar-refractivity contribution >= 4 is 12.2 Å². The molecule has 4 nitrogen and oxygen atoms in total. The molecule has 0 aliphatic heterocycles. The van der Waals surface area contributed by atoms with Crippen molar-refractivity contribution < 1.29 is 13.9 Å². The number of pyridine rings is 1. The van der Waals surface area contributed by atoms with Gasteiger partial charge in [-0.05, 0) is 11.5 Å². The summed E-state index contributed by atoms with van der Waals surface area (Å²) in [6.45, 7) is 8.99. The third-order valence-electron chi connectivity index (χ3n) is 2.21. The van der Waals surface area contributed by atoms with E-state index in [0.717, 1.165) is 0 Å². The van der Waals surface area contributed by atoms with Gasteiger partial charge in [-0.25, -0.2) is 9.18 Å². The molecular formula is C12H15FN2O2. The molecule has 0 atom stereocenters. The molecule has 17 heavy (non-hydrogen) atoms. The fourth-order valence-corrected chi connectivity index (χ4v) is 1.36. The molecule has 0 saturated carbocycles. The first kappa shape index (κ1) is 13.2. The van der Waals surface area contributed by atoms with Crippen molar-refractivity contribution in [2.75, 3.05) is 0 Å². The second-order valence-corrected chi connectivity index (χ2v) is 4.58. The van der Waals surface area contributed by atoms with E-state index < -0.39 is 17.3 Å². The maximum atomic E-state index is 14.0. The van der Waals surface area contributed by atoms with Gasteiger partial charge in [-0.2, -0.15) is 0 Å². The summed E-state index contributed by atoms with van der Waals surface area (Å²) in [4.78, 5) is 14.7. The highest BCUT2D eigenvalue weighted by atomic mass is 19.1. The van der Waals surface area contributed by atoms with E-state index in [1.807, 2.05) is 20.8 Å². The van der Waals surface area contributed by atoms with Crippen LogP contribution in [0.3, 0.4) is 0 Å². The number of primary amides is 1. The highest BCUT2D eigenvalue weighted by Gasteiger charge is 2.25. The Morgan fingerprint density at radius 1 is 1.59 bits per heavy atom. The first-order valence-corrected chi connectivity index (χ1v) is 5.06. The SMILES string of the molecule is C=Cc1ncc(C(C)(C)C)c(OC(N)=O)c1F. The number of nitrogens with two attached hydrogens (primary N) is 1. The van der Waals surface area contributed by atoms with E-state index in [1.54, 1.807) is 0 Å². The smallest absolute Gasteiger partial charge is 0.407 e. The summed E-state index contributed by atoms with van der Waals surface area (Å²) in [5.74, 6) is -0.916. The third-order valence-corrected chi connectivity index (χ3v) is 2.21. The van der Waals surface area contributed by atoms with Crippen LogP contribution in [0.15, 0.2) is 12.8 Å². The Balaban J connectivity index is 3.46. The number of rotatable bonds is 2. The van der Waals surface area contributed by atoms with Gasteiger partial charge in [-0.15, -0.1) is 0 Å². The Morgan fingerprint density at radius 3 is 2.59 bits per heavy atom. The van der Waals surface area contributed by atoms with Crippen LogP contribution < -0.4 is 10.5 Å². The zero-order valence-corrected chi connectivity index (χ0v) is 10.1. The molecule has 5 heteroatoms. The maximum absolute atomic E-state index is 14.0. The van der Waals surface area contributed by atoms with Crippen LogP contribution in [0.4, 0.5) is 9.18 Å². The molecule has 0 unspecified atom stereocenters. The minimum absolute atomic E-state index is 0.0225. The summed E-state index contributed by atoms with van der Waals surface area (Å²) in [5.41, 5.74) is 5.00. The summed E-state index contributed by atoms with van der Waals surface area (Å²) >= 11 is 0. The van der Waals surface area contributed by atoms with Gasteiger partial charge < -0.3 is 10.5 Å². The molecule has 92 valence electrons. The molecule has 0 bridgehead atoms. The fraction of sp³-hybridized carbons (Fsp3) is 0.333. The highest BCUT2D eigenvalue weighted by Crippen LogP contribution is 2.34. The summed E-state index contributed by atoms with van der Waals surface area (Å²) in [5, 5.41) is 0. The molecule has 1 aromatic rings. The summed E-state index contributed by atoms with van der Waals surface area (Å²) < 4.78 is 18.7. The Hall–Kier alpha value is -1.91. The zero-order valence-electron chi connectivity index (χ0n) is 10.1.